The van der Waals surface area contributed by atoms with E-state index in [1.807, 2.05) is 24.3 Å². The molecule has 1 aromatic rings. The predicted molar refractivity (Wildman–Crippen MR) is 112 cm³/mol. The Morgan fingerprint density at radius 1 is 1.30 bits per heavy atom. The van der Waals surface area contributed by atoms with Gasteiger partial charge in [-0.1, -0.05) is 20.8 Å². The van der Waals surface area contributed by atoms with Gasteiger partial charge in [-0.25, -0.2) is 0 Å². The number of hydrogen-bond acceptors (Lipinski definition) is 4. The molecule has 1 aromatic carbocycles. The molecule has 0 radical (unpaired) electrons. The largest absolute Gasteiger partial charge is 0.491 e. The summed E-state index contributed by atoms with van der Waals surface area (Å²) in [6.07, 6.45) is 2.38. The quantitative estimate of drug-likeness (QED) is 0.414. The van der Waals surface area contributed by atoms with Crippen LogP contribution >= 0.6 is 0 Å². The average molecular weight is 377 g/mol. The molecule has 1 atom stereocenters. The number of piperidine rings is 1. The van der Waals surface area contributed by atoms with E-state index < -0.39 is 0 Å². The molecule has 1 saturated heterocycles. The first-order chi connectivity index (χ1) is 12.9. The minimum absolute atomic E-state index is 0.0820. The molecule has 0 aliphatic carbocycles. The third kappa shape index (κ3) is 6.40. The van der Waals surface area contributed by atoms with Crippen molar-refractivity contribution < 1.29 is 9.47 Å². The van der Waals surface area contributed by atoms with Gasteiger partial charge in [-0.15, -0.1) is 0 Å². The lowest BCUT2D eigenvalue weighted by molar-refractivity contribution is 0.146. The third-order valence-corrected chi connectivity index (χ3v) is 5.06. The Labute approximate surface area is 164 Å². The van der Waals surface area contributed by atoms with Crippen molar-refractivity contribution in [3.8, 4) is 5.75 Å². The van der Waals surface area contributed by atoms with Crippen molar-refractivity contribution in [1.82, 2.24) is 4.90 Å². The Kier molecular flexibility index (Phi) is 7.92. The van der Waals surface area contributed by atoms with Gasteiger partial charge in [-0.2, -0.15) is 0 Å². The fourth-order valence-corrected chi connectivity index (χ4v) is 3.30. The van der Waals surface area contributed by atoms with Crippen LogP contribution in [0.15, 0.2) is 24.3 Å². The lowest BCUT2D eigenvalue weighted by atomic mass is 9.92. The molecule has 1 aliphatic rings. The summed E-state index contributed by atoms with van der Waals surface area (Å²) in [5, 5.41) is 8.88. The summed E-state index contributed by atoms with van der Waals surface area (Å²) >= 11 is 0. The Morgan fingerprint density at radius 3 is 2.59 bits per heavy atom. The maximum absolute atomic E-state index is 8.88. The van der Waals surface area contributed by atoms with E-state index in [9.17, 15) is 0 Å². The summed E-state index contributed by atoms with van der Waals surface area (Å²) in [7, 11) is 1.66. The van der Waals surface area contributed by atoms with Crippen molar-refractivity contribution in [2.24, 2.45) is 17.1 Å². The number of benzene rings is 1. The Hall–Kier alpha value is -1.79. The van der Waals surface area contributed by atoms with Crippen LogP contribution in [0.4, 0.5) is 5.69 Å². The first kappa shape index (κ1) is 21.5. The number of ether oxygens (including phenoxy) is 2. The lowest BCUT2D eigenvalue weighted by Gasteiger charge is -2.40. The van der Waals surface area contributed by atoms with Gasteiger partial charge in [0.2, 0.25) is 0 Å². The van der Waals surface area contributed by atoms with E-state index in [0.29, 0.717) is 38.2 Å². The maximum Gasteiger partial charge on any atom is 0.198 e. The summed E-state index contributed by atoms with van der Waals surface area (Å²) in [6, 6.07) is 7.96. The molecule has 1 fully saturated rings. The summed E-state index contributed by atoms with van der Waals surface area (Å²) in [6.45, 7) is 10.8. The molecule has 1 heterocycles. The third-order valence-electron chi connectivity index (χ3n) is 5.06. The number of guanidine groups is 1. The number of likely N-dealkylation sites (tertiary alicyclic amines) is 1. The van der Waals surface area contributed by atoms with Crippen LogP contribution in [0.5, 0.6) is 5.75 Å². The zero-order chi connectivity index (χ0) is 19.9. The average Bonchev–Trinajstić information content (AvgIpc) is 2.66. The fraction of sp³-hybridized carbons (Fsp3) is 0.667. The highest BCUT2D eigenvalue weighted by molar-refractivity contribution is 5.94. The van der Waals surface area contributed by atoms with E-state index in [-0.39, 0.29) is 5.41 Å². The van der Waals surface area contributed by atoms with Crippen molar-refractivity contribution in [1.29, 1.82) is 5.41 Å². The highest BCUT2D eigenvalue weighted by atomic mass is 16.5. The van der Waals surface area contributed by atoms with Crippen LogP contribution in [-0.4, -0.2) is 57.4 Å². The second-order valence-corrected chi connectivity index (χ2v) is 8.31. The van der Waals surface area contributed by atoms with E-state index in [1.54, 1.807) is 7.11 Å². The molecule has 6 nitrogen and oxygen atoms in total. The van der Waals surface area contributed by atoms with Crippen LogP contribution in [-0.2, 0) is 4.74 Å². The molecule has 0 amide bonds. The van der Waals surface area contributed by atoms with Crippen LogP contribution in [0.3, 0.4) is 0 Å². The van der Waals surface area contributed by atoms with Gasteiger partial charge in [0.1, 0.15) is 12.4 Å². The monoisotopic (exact) mass is 376 g/mol. The summed E-state index contributed by atoms with van der Waals surface area (Å²) in [5.41, 5.74) is 6.90. The molecular formula is C21H36N4O2. The van der Waals surface area contributed by atoms with Crippen LogP contribution in [0.1, 0.15) is 33.6 Å². The van der Waals surface area contributed by atoms with E-state index in [0.717, 1.165) is 30.9 Å². The molecule has 3 N–H and O–H groups in total. The highest BCUT2D eigenvalue weighted by Gasteiger charge is 2.28. The number of nitrogens with zero attached hydrogens (tertiary/aromatic N) is 2. The van der Waals surface area contributed by atoms with Crippen molar-refractivity contribution >= 4 is 11.6 Å². The summed E-state index contributed by atoms with van der Waals surface area (Å²) < 4.78 is 10.7. The van der Waals surface area contributed by atoms with Crippen molar-refractivity contribution in [3.63, 3.8) is 0 Å². The van der Waals surface area contributed by atoms with E-state index in [4.69, 9.17) is 20.6 Å². The smallest absolute Gasteiger partial charge is 0.198 e. The van der Waals surface area contributed by atoms with Crippen molar-refractivity contribution in [3.05, 3.63) is 24.3 Å². The zero-order valence-electron chi connectivity index (χ0n) is 17.3. The van der Waals surface area contributed by atoms with Gasteiger partial charge in [0.25, 0.3) is 0 Å². The normalized spacial score (nSPS) is 17.7. The van der Waals surface area contributed by atoms with E-state index >= 15 is 0 Å². The number of hydrogen-bond donors (Lipinski definition) is 2. The van der Waals surface area contributed by atoms with Gasteiger partial charge in [-0.05, 0) is 55.0 Å². The maximum atomic E-state index is 8.88. The van der Waals surface area contributed by atoms with Gasteiger partial charge >= 0.3 is 0 Å². The standard InChI is InChI=1S/C21H36N4O2/c1-17-6-5-11-24(14-17)20(23)25(16-21(2,3)15-22)18-7-9-19(10-8-18)27-13-12-26-4/h7-10,17,23H,5-6,11-16,22H2,1-4H3. The molecule has 1 aliphatic heterocycles. The Bertz CT molecular complexity index is 588. The zero-order valence-corrected chi connectivity index (χ0v) is 17.3. The van der Waals surface area contributed by atoms with Gasteiger partial charge in [0.05, 0.1) is 6.61 Å². The molecule has 152 valence electrons. The topological polar surface area (TPSA) is 74.8 Å². The van der Waals surface area contributed by atoms with Crippen molar-refractivity contribution in [2.45, 2.75) is 33.6 Å². The van der Waals surface area contributed by atoms with E-state index in [2.05, 4.69) is 30.6 Å². The molecule has 0 bridgehead atoms. The van der Waals surface area contributed by atoms with Gasteiger partial charge in [0, 0.05) is 32.4 Å². The minimum Gasteiger partial charge on any atom is -0.491 e. The second kappa shape index (κ2) is 9.95. The first-order valence-electron chi connectivity index (χ1n) is 9.89. The highest BCUT2D eigenvalue weighted by Crippen LogP contribution is 2.26. The number of methoxy groups -OCH3 is 1. The summed E-state index contributed by atoms with van der Waals surface area (Å²) in [4.78, 5) is 4.29. The first-order valence-corrected chi connectivity index (χ1v) is 9.89. The Morgan fingerprint density at radius 2 is 2.00 bits per heavy atom. The van der Waals surface area contributed by atoms with Gasteiger partial charge in [-0.3, -0.25) is 5.41 Å². The second-order valence-electron chi connectivity index (χ2n) is 8.31. The van der Waals surface area contributed by atoms with Gasteiger partial charge in [0.15, 0.2) is 5.96 Å². The predicted octanol–water partition coefficient (Wildman–Crippen LogP) is 3.17. The summed E-state index contributed by atoms with van der Waals surface area (Å²) in [5.74, 6) is 2.00. The molecule has 0 spiro atoms. The molecule has 0 aromatic heterocycles. The molecular weight excluding hydrogens is 340 g/mol. The number of anilines is 1. The Balaban J connectivity index is 2.17. The SMILES string of the molecule is COCCOc1ccc(N(CC(C)(C)CN)C(=N)N2CCCC(C)C2)cc1. The van der Waals surface area contributed by atoms with Crippen molar-refractivity contribution in [2.75, 3.05) is 51.4 Å². The van der Waals surface area contributed by atoms with Gasteiger partial charge < -0.3 is 25.0 Å². The fourth-order valence-electron chi connectivity index (χ4n) is 3.30. The lowest BCUT2D eigenvalue weighted by Crippen LogP contribution is -2.51. The van der Waals surface area contributed by atoms with Crippen LogP contribution < -0.4 is 15.4 Å². The minimum atomic E-state index is -0.0820. The van der Waals surface area contributed by atoms with Crippen LogP contribution in [0.2, 0.25) is 0 Å². The number of nitrogens with two attached hydrogens (primary N) is 1. The number of rotatable bonds is 8. The van der Waals surface area contributed by atoms with E-state index in [1.165, 1.54) is 6.42 Å². The van der Waals surface area contributed by atoms with Crippen LogP contribution in [0, 0.1) is 16.7 Å². The molecule has 27 heavy (non-hydrogen) atoms. The number of nitrogens with one attached hydrogen (secondary N) is 1. The molecule has 1 unspecified atom stereocenters. The van der Waals surface area contributed by atoms with Crippen LogP contribution in [0.25, 0.3) is 0 Å². The molecule has 2 rings (SSSR count). The molecule has 6 heteroatoms. The molecule has 0 saturated carbocycles.